The minimum absolute atomic E-state index is 0.0796. The normalized spacial score (nSPS) is 10.4. The number of fused-ring (bicyclic) bond motifs is 1. The molecule has 3 rings (SSSR count). The zero-order chi connectivity index (χ0) is 15.4. The second kappa shape index (κ2) is 6.13. The third-order valence-electron chi connectivity index (χ3n) is 3.12. The number of nitrogens with one attached hydrogen (secondary N) is 2. The second-order valence-corrected chi connectivity index (χ2v) is 4.77. The van der Waals surface area contributed by atoms with Gasteiger partial charge in [0.05, 0.1) is 0 Å². The highest BCUT2D eigenvalue weighted by Crippen LogP contribution is 2.18. The molecule has 5 heteroatoms. The molecule has 0 atom stereocenters. The fourth-order valence-electron chi connectivity index (χ4n) is 2.09. The van der Waals surface area contributed by atoms with Crippen molar-refractivity contribution >= 4 is 22.5 Å². The molecule has 0 bridgehead atoms. The Hall–Kier alpha value is -3.08. The van der Waals surface area contributed by atoms with Crippen LogP contribution in [0.3, 0.4) is 0 Å². The summed E-state index contributed by atoms with van der Waals surface area (Å²) >= 11 is 0. The highest BCUT2D eigenvalue weighted by molar-refractivity contribution is 5.91. The molecule has 0 aliphatic carbocycles. The van der Waals surface area contributed by atoms with E-state index in [1.165, 1.54) is 6.07 Å². The molecule has 110 valence electrons. The quantitative estimate of drug-likeness (QED) is 0.776. The first kappa shape index (κ1) is 13.9. The Balaban J connectivity index is 1.65. The van der Waals surface area contributed by atoms with Gasteiger partial charge in [0.25, 0.3) is 5.91 Å². The third-order valence-corrected chi connectivity index (χ3v) is 3.12. The maximum atomic E-state index is 11.8. The molecule has 0 unspecified atom stereocenters. The Morgan fingerprint density at radius 2 is 1.86 bits per heavy atom. The van der Waals surface area contributed by atoms with Gasteiger partial charge in [-0.3, -0.25) is 9.59 Å². The standard InChI is InChI=1S/C17H14N2O3/c20-16-9-6-12-10-14(7-8-15(12)19-16)22-11-17(21)18-13-4-2-1-3-5-13/h1-10H,11H2,(H,18,21)(H,19,20). The van der Waals surface area contributed by atoms with Crippen LogP contribution in [0.4, 0.5) is 5.69 Å². The molecule has 0 aliphatic heterocycles. The molecule has 22 heavy (non-hydrogen) atoms. The number of amides is 1. The van der Waals surface area contributed by atoms with Gasteiger partial charge >= 0.3 is 0 Å². The summed E-state index contributed by atoms with van der Waals surface area (Å²) in [4.78, 5) is 25.8. The number of rotatable bonds is 4. The minimum atomic E-state index is -0.229. The van der Waals surface area contributed by atoms with Crippen LogP contribution in [0.5, 0.6) is 5.75 Å². The van der Waals surface area contributed by atoms with Crippen molar-refractivity contribution < 1.29 is 9.53 Å². The first-order chi connectivity index (χ1) is 10.7. The molecule has 0 spiro atoms. The van der Waals surface area contributed by atoms with Gasteiger partial charge in [0, 0.05) is 22.7 Å². The molecule has 1 aromatic heterocycles. The van der Waals surface area contributed by atoms with Gasteiger partial charge in [-0.1, -0.05) is 18.2 Å². The van der Waals surface area contributed by atoms with E-state index in [0.29, 0.717) is 5.75 Å². The first-order valence-corrected chi connectivity index (χ1v) is 6.81. The van der Waals surface area contributed by atoms with Gasteiger partial charge in [-0.25, -0.2) is 0 Å². The summed E-state index contributed by atoms with van der Waals surface area (Å²) in [6.07, 6.45) is 0. The van der Waals surface area contributed by atoms with Crippen molar-refractivity contribution in [1.29, 1.82) is 0 Å². The van der Waals surface area contributed by atoms with Gasteiger partial charge < -0.3 is 15.0 Å². The van der Waals surface area contributed by atoms with E-state index in [4.69, 9.17) is 4.74 Å². The Labute approximate surface area is 126 Å². The number of hydrogen-bond acceptors (Lipinski definition) is 3. The van der Waals surface area contributed by atoms with Gasteiger partial charge in [-0.05, 0) is 36.4 Å². The number of H-pyrrole nitrogens is 1. The van der Waals surface area contributed by atoms with Gasteiger partial charge in [-0.2, -0.15) is 0 Å². The van der Waals surface area contributed by atoms with E-state index in [0.717, 1.165) is 16.6 Å². The zero-order valence-electron chi connectivity index (χ0n) is 11.7. The van der Waals surface area contributed by atoms with Gasteiger partial charge in [0.1, 0.15) is 5.75 Å². The minimum Gasteiger partial charge on any atom is -0.484 e. The molecule has 2 aromatic carbocycles. The number of aromatic amines is 1. The van der Waals surface area contributed by atoms with E-state index >= 15 is 0 Å². The lowest BCUT2D eigenvalue weighted by Crippen LogP contribution is -2.20. The molecule has 2 N–H and O–H groups in total. The number of carbonyl (C=O) groups is 1. The molecule has 1 amide bonds. The van der Waals surface area contributed by atoms with E-state index in [1.807, 2.05) is 30.3 Å². The molecule has 5 nitrogen and oxygen atoms in total. The third kappa shape index (κ3) is 3.32. The van der Waals surface area contributed by atoms with Crippen molar-refractivity contribution in [2.75, 3.05) is 11.9 Å². The van der Waals surface area contributed by atoms with E-state index < -0.39 is 0 Å². The zero-order valence-corrected chi connectivity index (χ0v) is 11.7. The van der Waals surface area contributed by atoms with Crippen LogP contribution in [0.15, 0.2) is 65.5 Å². The highest BCUT2D eigenvalue weighted by atomic mass is 16.5. The van der Waals surface area contributed by atoms with Gasteiger partial charge in [0.2, 0.25) is 5.56 Å². The number of carbonyl (C=O) groups excluding carboxylic acids is 1. The number of aromatic nitrogens is 1. The molecule has 0 saturated heterocycles. The summed E-state index contributed by atoms with van der Waals surface area (Å²) in [5, 5.41) is 3.59. The van der Waals surface area contributed by atoms with Crippen molar-refractivity contribution in [2.24, 2.45) is 0 Å². The largest absolute Gasteiger partial charge is 0.484 e. The Morgan fingerprint density at radius 1 is 1.05 bits per heavy atom. The smallest absolute Gasteiger partial charge is 0.262 e. The number of anilines is 1. The van der Waals surface area contributed by atoms with E-state index in [1.54, 1.807) is 24.3 Å². The van der Waals surface area contributed by atoms with Crippen LogP contribution in [0, 0.1) is 0 Å². The van der Waals surface area contributed by atoms with E-state index in [2.05, 4.69) is 10.3 Å². The molecule has 0 fully saturated rings. The van der Waals surface area contributed by atoms with Crippen LogP contribution in [-0.2, 0) is 4.79 Å². The van der Waals surface area contributed by atoms with Crippen LogP contribution < -0.4 is 15.6 Å². The fourth-order valence-corrected chi connectivity index (χ4v) is 2.09. The lowest BCUT2D eigenvalue weighted by molar-refractivity contribution is -0.118. The lowest BCUT2D eigenvalue weighted by atomic mass is 10.2. The average Bonchev–Trinajstić information content (AvgIpc) is 2.54. The SMILES string of the molecule is O=C(COc1ccc2[nH]c(=O)ccc2c1)Nc1ccccc1. The Bertz CT molecular complexity index is 856. The Morgan fingerprint density at radius 3 is 2.68 bits per heavy atom. The number of ether oxygens (including phenoxy) is 1. The molecule has 0 aliphatic rings. The molecular weight excluding hydrogens is 280 g/mol. The number of pyridine rings is 1. The predicted octanol–water partition coefficient (Wildman–Crippen LogP) is 2.55. The summed E-state index contributed by atoms with van der Waals surface area (Å²) < 4.78 is 5.47. The van der Waals surface area contributed by atoms with Gasteiger partial charge in [0.15, 0.2) is 6.61 Å². The average molecular weight is 294 g/mol. The molecule has 0 radical (unpaired) electrons. The van der Waals surface area contributed by atoms with E-state index in [9.17, 15) is 9.59 Å². The number of para-hydroxylation sites is 1. The molecule has 1 heterocycles. The summed E-state index contributed by atoms with van der Waals surface area (Å²) in [5.41, 5.74) is 1.31. The van der Waals surface area contributed by atoms with Crippen LogP contribution in [-0.4, -0.2) is 17.5 Å². The first-order valence-electron chi connectivity index (χ1n) is 6.81. The van der Waals surface area contributed by atoms with Crippen molar-refractivity contribution in [3.8, 4) is 5.75 Å². The summed E-state index contributed by atoms with van der Waals surface area (Å²) in [6.45, 7) is -0.0796. The summed E-state index contributed by atoms with van der Waals surface area (Å²) in [6, 6.07) is 17.6. The van der Waals surface area contributed by atoms with Crippen LogP contribution >= 0.6 is 0 Å². The molecular formula is C17H14N2O3. The molecule has 0 saturated carbocycles. The number of hydrogen-bond donors (Lipinski definition) is 2. The van der Waals surface area contributed by atoms with Crippen LogP contribution in [0.2, 0.25) is 0 Å². The fraction of sp³-hybridized carbons (Fsp3) is 0.0588. The van der Waals surface area contributed by atoms with Crippen LogP contribution in [0.1, 0.15) is 0 Å². The Kier molecular flexibility index (Phi) is 3.87. The highest BCUT2D eigenvalue weighted by Gasteiger charge is 2.04. The van der Waals surface area contributed by atoms with Crippen molar-refractivity contribution in [1.82, 2.24) is 4.98 Å². The lowest BCUT2D eigenvalue weighted by Gasteiger charge is -2.08. The maximum Gasteiger partial charge on any atom is 0.262 e. The van der Waals surface area contributed by atoms with Crippen molar-refractivity contribution in [3.63, 3.8) is 0 Å². The van der Waals surface area contributed by atoms with Crippen LogP contribution in [0.25, 0.3) is 10.9 Å². The predicted molar refractivity (Wildman–Crippen MR) is 85.1 cm³/mol. The maximum absolute atomic E-state index is 11.8. The second-order valence-electron chi connectivity index (χ2n) is 4.77. The van der Waals surface area contributed by atoms with Crippen molar-refractivity contribution in [2.45, 2.75) is 0 Å². The topological polar surface area (TPSA) is 71.2 Å². The monoisotopic (exact) mass is 294 g/mol. The molecule has 3 aromatic rings. The number of benzene rings is 2. The van der Waals surface area contributed by atoms with E-state index in [-0.39, 0.29) is 18.1 Å². The van der Waals surface area contributed by atoms with Gasteiger partial charge in [-0.15, -0.1) is 0 Å². The summed E-state index contributed by atoms with van der Waals surface area (Å²) in [5.74, 6) is 0.343. The van der Waals surface area contributed by atoms with Crippen molar-refractivity contribution in [3.05, 3.63) is 71.0 Å². The summed E-state index contributed by atoms with van der Waals surface area (Å²) in [7, 11) is 0.